The monoisotopic (exact) mass is 280 g/mol. The molecule has 0 bridgehead atoms. The van der Waals surface area contributed by atoms with Crippen molar-refractivity contribution in [2.45, 2.75) is 18.9 Å². The highest BCUT2D eigenvalue weighted by Crippen LogP contribution is 2.19. The van der Waals surface area contributed by atoms with Crippen LogP contribution in [0.3, 0.4) is 0 Å². The smallest absolute Gasteiger partial charge is 0.119 e. The second-order valence-corrected chi connectivity index (χ2v) is 7.12. The third-order valence-corrected chi connectivity index (χ3v) is 4.78. The minimum atomic E-state index is -0.0427. The van der Waals surface area contributed by atoms with Gasteiger partial charge in [-0.1, -0.05) is 9.64 Å². The van der Waals surface area contributed by atoms with Crippen LogP contribution >= 0.6 is 0 Å². The standard InChI is InChI=1S/C13H16N2OS2/c1-18(17)15-8-6-13(7-9-15)16-12-4-2-11(10-14)3-5-12/h2-5,13H,6-9H2,1H3. The molecule has 3 nitrogen and oxygen atoms in total. The highest BCUT2D eigenvalue weighted by atomic mass is 32.8. The van der Waals surface area contributed by atoms with E-state index in [1.54, 1.807) is 12.1 Å². The Bertz CT molecular complexity index is 459. The van der Waals surface area contributed by atoms with E-state index >= 15 is 0 Å². The number of hydrogen-bond donors (Lipinski definition) is 0. The molecule has 1 atom stereocenters. The average molecular weight is 280 g/mol. The van der Waals surface area contributed by atoms with Crippen molar-refractivity contribution in [1.82, 2.24) is 4.31 Å². The molecule has 0 saturated carbocycles. The molecule has 0 N–H and O–H groups in total. The first-order valence-corrected chi connectivity index (χ1v) is 8.46. The molecule has 1 aliphatic rings. The summed E-state index contributed by atoms with van der Waals surface area (Å²) in [6.07, 6.45) is 4.40. The van der Waals surface area contributed by atoms with Gasteiger partial charge in [-0.15, -0.1) is 0 Å². The first kappa shape index (κ1) is 13.5. The van der Waals surface area contributed by atoms with E-state index in [4.69, 9.17) is 21.2 Å². The fraction of sp³-hybridized carbons (Fsp3) is 0.462. The highest BCUT2D eigenvalue weighted by Gasteiger charge is 2.20. The van der Waals surface area contributed by atoms with E-state index in [0.29, 0.717) is 5.56 Å². The van der Waals surface area contributed by atoms with Gasteiger partial charge in [-0.25, -0.2) is 4.31 Å². The van der Waals surface area contributed by atoms with E-state index in [2.05, 4.69) is 16.6 Å². The van der Waals surface area contributed by atoms with Crippen molar-refractivity contribution >= 4 is 20.8 Å². The predicted octanol–water partition coefficient (Wildman–Crippen LogP) is 2.03. The van der Waals surface area contributed by atoms with Crippen LogP contribution < -0.4 is 4.74 Å². The Balaban J connectivity index is 1.87. The number of nitriles is 1. The summed E-state index contributed by atoms with van der Waals surface area (Å²) < 4.78 is 8.24. The second kappa shape index (κ2) is 6.28. The van der Waals surface area contributed by atoms with Crippen molar-refractivity contribution in [3.63, 3.8) is 0 Å². The maximum absolute atomic E-state index is 8.73. The lowest BCUT2D eigenvalue weighted by atomic mass is 10.1. The van der Waals surface area contributed by atoms with Crippen LogP contribution in [-0.2, 0) is 20.8 Å². The number of hydrogen-bond acceptors (Lipinski definition) is 3. The van der Waals surface area contributed by atoms with Crippen molar-refractivity contribution in [1.29, 1.82) is 5.26 Å². The minimum Gasteiger partial charge on any atom is -0.490 e. The van der Waals surface area contributed by atoms with Crippen LogP contribution in [0.4, 0.5) is 0 Å². The number of nitrogens with zero attached hydrogens (tertiary/aromatic N) is 2. The molecule has 1 aromatic rings. The molecule has 1 aromatic carbocycles. The summed E-state index contributed by atoms with van der Waals surface area (Å²) in [4.78, 5) is 0. The summed E-state index contributed by atoms with van der Waals surface area (Å²) in [5.74, 6) is 0.848. The first-order chi connectivity index (χ1) is 8.69. The summed E-state index contributed by atoms with van der Waals surface area (Å²) in [6, 6.07) is 9.41. The lowest BCUT2D eigenvalue weighted by molar-refractivity contribution is 0.138. The molecule has 0 amide bonds. The van der Waals surface area contributed by atoms with E-state index in [-0.39, 0.29) is 15.7 Å². The Hall–Kier alpha value is -0.960. The normalized spacial score (nSPS) is 19.1. The SMILES string of the molecule is CS(=S)N1CCC(Oc2ccc(C#N)cc2)CC1. The Morgan fingerprint density at radius 3 is 2.44 bits per heavy atom. The lowest BCUT2D eigenvalue weighted by Gasteiger charge is -2.31. The molecule has 1 unspecified atom stereocenters. The van der Waals surface area contributed by atoms with Crippen LogP contribution in [0.5, 0.6) is 5.75 Å². The van der Waals surface area contributed by atoms with Gasteiger partial charge >= 0.3 is 0 Å². The zero-order valence-electron chi connectivity index (χ0n) is 10.3. The molecular formula is C13H16N2OS2. The van der Waals surface area contributed by atoms with Gasteiger partial charge in [-0.2, -0.15) is 5.26 Å². The van der Waals surface area contributed by atoms with Crippen molar-refractivity contribution in [2.75, 3.05) is 19.3 Å². The predicted molar refractivity (Wildman–Crippen MR) is 77.0 cm³/mol. The Morgan fingerprint density at radius 2 is 1.94 bits per heavy atom. The van der Waals surface area contributed by atoms with Gasteiger partial charge in [0.2, 0.25) is 0 Å². The minimum absolute atomic E-state index is 0.0427. The maximum atomic E-state index is 8.73. The van der Waals surface area contributed by atoms with Crippen LogP contribution in [0.15, 0.2) is 24.3 Å². The van der Waals surface area contributed by atoms with E-state index in [1.807, 2.05) is 12.1 Å². The van der Waals surface area contributed by atoms with E-state index in [9.17, 15) is 0 Å². The van der Waals surface area contributed by atoms with E-state index in [1.165, 1.54) is 0 Å². The zero-order chi connectivity index (χ0) is 13.0. The van der Waals surface area contributed by atoms with Crippen molar-refractivity contribution in [3.8, 4) is 11.8 Å². The Kier molecular flexibility index (Phi) is 4.70. The van der Waals surface area contributed by atoms with Crippen molar-refractivity contribution in [3.05, 3.63) is 29.8 Å². The molecule has 1 aliphatic heterocycles. The topological polar surface area (TPSA) is 36.3 Å². The van der Waals surface area contributed by atoms with E-state index in [0.717, 1.165) is 31.7 Å². The van der Waals surface area contributed by atoms with Crippen LogP contribution in [0, 0.1) is 11.3 Å². The van der Waals surface area contributed by atoms with Gasteiger partial charge in [0.25, 0.3) is 0 Å². The molecule has 96 valence electrons. The molecule has 1 saturated heterocycles. The van der Waals surface area contributed by atoms with Gasteiger partial charge in [0.15, 0.2) is 0 Å². The Morgan fingerprint density at radius 1 is 1.33 bits per heavy atom. The number of piperidine rings is 1. The number of benzene rings is 1. The molecule has 2 rings (SSSR count). The van der Waals surface area contributed by atoms with Crippen LogP contribution in [0.1, 0.15) is 18.4 Å². The molecule has 5 heteroatoms. The lowest BCUT2D eigenvalue weighted by Crippen LogP contribution is -2.38. The number of ether oxygens (including phenoxy) is 1. The summed E-state index contributed by atoms with van der Waals surface area (Å²) in [7, 11) is -0.0427. The van der Waals surface area contributed by atoms with Gasteiger partial charge in [-0.3, -0.25) is 0 Å². The van der Waals surface area contributed by atoms with Gasteiger partial charge < -0.3 is 4.74 Å². The summed E-state index contributed by atoms with van der Waals surface area (Å²) in [5, 5.41) is 8.73. The van der Waals surface area contributed by atoms with Crippen LogP contribution in [0.25, 0.3) is 0 Å². The molecule has 0 spiro atoms. The van der Waals surface area contributed by atoms with Gasteiger partial charge in [0, 0.05) is 19.3 Å². The van der Waals surface area contributed by atoms with Gasteiger partial charge in [-0.05, 0) is 48.3 Å². The summed E-state index contributed by atoms with van der Waals surface area (Å²) in [6.45, 7) is 2.04. The quantitative estimate of drug-likeness (QED) is 0.849. The fourth-order valence-corrected chi connectivity index (χ4v) is 3.18. The molecule has 0 aromatic heterocycles. The largest absolute Gasteiger partial charge is 0.490 e. The summed E-state index contributed by atoms with van der Waals surface area (Å²) >= 11 is 5.28. The molecule has 0 aliphatic carbocycles. The van der Waals surface area contributed by atoms with Crippen molar-refractivity contribution in [2.24, 2.45) is 0 Å². The molecule has 0 radical (unpaired) electrons. The molecule has 1 fully saturated rings. The summed E-state index contributed by atoms with van der Waals surface area (Å²) in [5.41, 5.74) is 0.665. The van der Waals surface area contributed by atoms with Crippen LogP contribution in [0.2, 0.25) is 0 Å². The Labute approximate surface area is 115 Å². The third-order valence-electron chi connectivity index (χ3n) is 3.05. The van der Waals surface area contributed by atoms with Gasteiger partial charge in [0.1, 0.15) is 11.9 Å². The maximum Gasteiger partial charge on any atom is 0.119 e. The highest BCUT2D eigenvalue weighted by molar-refractivity contribution is 8.27. The second-order valence-electron chi connectivity index (χ2n) is 4.31. The van der Waals surface area contributed by atoms with Gasteiger partial charge in [0.05, 0.1) is 11.6 Å². The van der Waals surface area contributed by atoms with Crippen LogP contribution in [-0.4, -0.2) is 29.8 Å². The van der Waals surface area contributed by atoms with E-state index < -0.39 is 0 Å². The fourth-order valence-electron chi connectivity index (χ4n) is 2.01. The first-order valence-electron chi connectivity index (χ1n) is 5.94. The zero-order valence-corrected chi connectivity index (χ0v) is 12.0. The van der Waals surface area contributed by atoms with Crippen molar-refractivity contribution < 1.29 is 4.74 Å². The average Bonchev–Trinajstić information content (AvgIpc) is 2.40. The molecule has 1 heterocycles. The molecular weight excluding hydrogens is 264 g/mol. The number of rotatable bonds is 3. The molecule has 18 heavy (non-hydrogen) atoms. The third kappa shape index (κ3) is 3.52.